The van der Waals surface area contributed by atoms with E-state index in [9.17, 15) is 13.6 Å². The summed E-state index contributed by atoms with van der Waals surface area (Å²) in [6.07, 6.45) is 2.71. The minimum atomic E-state index is -0.591. The van der Waals surface area contributed by atoms with Gasteiger partial charge in [0.15, 0.2) is 5.83 Å². The lowest BCUT2D eigenvalue weighted by molar-refractivity contribution is -0.138. The second-order valence-corrected chi connectivity index (χ2v) is 5.74. The Morgan fingerprint density at radius 3 is 2.75 bits per heavy atom. The maximum atomic E-state index is 13.8. The number of rotatable bonds is 3. The maximum Gasteiger partial charge on any atom is 0.335 e. The lowest BCUT2D eigenvalue weighted by Gasteiger charge is -2.39. The van der Waals surface area contributed by atoms with E-state index in [2.05, 4.69) is 5.32 Å². The van der Waals surface area contributed by atoms with Gasteiger partial charge in [-0.25, -0.2) is 13.6 Å². The molecule has 0 fully saturated rings. The van der Waals surface area contributed by atoms with Crippen molar-refractivity contribution < 1.29 is 18.3 Å². The van der Waals surface area contributed by atoms with Gasteiger partial charge in [0.05, 0.1) is 12.2 Å². The summed E-state index contributed by atoms with van der Waals surface area (Å²) >= 11 is 5.86. The Bertz CT molecular complexity index is 756. The summed E-state index contributed by atoms with van der Waals surface area (Å²) in [6.45, 7) is 1.96. The number of nitrogens with zero attached hydrogens (tertiary/aromatic N) is 1. The number of anilines is 1. The Kier molecular flexibility index (Phi) is 4.57. The predicted molar refractivity (Wildman–Crippen MR) is 87.2 cm³/mol. The normalized spacial score (nSPS) is 20.0. The van der Waals surface area contributed by atoms with Crippen LogP contribution in [0.4, 0.5) is 14.5 Å². The van der Waals surface area contributed by atoms with Gasteiger partial charge in [0.2, 0.25) is 0 Å². The standard InChI is InChI=1S/C17H15ClF2N2O2/c1-2-24-17(23)11-7-10-8-14(20)15(18)21-16(10)22(9-11)13-5-3-12(19)4-6-13/h3-6,8-9,16,21H,2,7H2,1H3. The van der Waals surface area contributed by atoms with Gasteiger partial charge in [0, 0.05) is 18.3 Å². The molecule has 1 atom stereocenters. The molecule has 1 unspecified atom stereocenters. The van der Waals surface area contributed by atoms with Crippen molar-refractivity contribution in [3.05, 3.63) is 64.5 Å². The van der Waals surface area contributed by atoms with E-state index < -0.39 is 18.0 Å². The molecular weight excluding hydrogens is 338 g/mol. The molecule has 0 amide bonds. The van der Waals surface area contributed by atoms with Gasteiger partial charge in [-0.2, -0.15) is 0 Å². The van der Waals surface area contributed by atoms with Gasteiger partial charge in [-0.3, -0.25) is 0 Å². The van der Waals surface area contributed by atoms with Crippen LogP contribution in [0.25, 0.3) is 0 Å². The zero-order chi connectivity index (χ0) is 17.3. The van der Waals surface area contributed by atoms with Crippen molar-refractivity contribution in [1.82, 2.24) is 5.32 Å². The van der Waals surface area contributed by atoms with Gasteiger partial charge >= 0.3 is 5.97 Å². The van der Waals surface area contributed by atoms with E-state index >= 15 is 0 Å². The van der Waals surface area contributed by atoms with Crippen LogP contribution in [-0.4, -0.2) is 18.7 Å². The van der Waals surface area contributed by atoms with E-state index in [0.29, 0.717) is 16.8 Å². The minimum absolute atomic E-state index is 0.108. The molecule has 1 N–H and O–H groups in total. The van der Waals surface area contributed by atoms with Crippen molar-refractivity contribution in [2.45, 2.75) is 19.5 Å². The Morgan fingerprint density at radius 2 is 2.08 bits per heavy atom. The van der Waals surface area contributed by atoms with E-state index in [1.165, 1.54) is 18.2 Å². The quantitative estimate of drug-likeness (QED) is 0.665. The van der Waals surface area contributed by atoms with Crippen molar-refractivity contribution >= 4 is 23.3 Å². The van der Waals surface area contributed by atoms with E-state index in [-0.39, 0.29) is 24.0 Å². The third kappa shape index (κ3) is 3.14. The first-order valence-corrected chi connectivity index (χ1v) is 7.81. The van der Waals surface area contributed by atoms with Crippen molar-refractivity contribution in [2.75, 3.05) is 11.5 Å². The second-order valence-electron chi connectivity index (χ2n) is 5.36. The van der Waals surface area contributed by atoms with Crippen molar-refractivity contribution in [3.8, 4) is 0 Å². The number of hydrogen-bond acceptors (Lipinski definition) is 4. The monoisotopic (exact) mass is 352 g/mol. The average Bonchev–Trinajstić information content (AvgIpc) is 2.56. The molecule has 0 saturated carbocycles. The molecule has 1 aromatic carbocycles. The molecule has 7 heteroatoms. The fraction of sp³-hybridized carbons (Fsp3) is 0.235. The number of carbonyl (C=O) groups excluding carboxylic acids is 1. The molecular formula is C17H15ClF2N2O2. The molecule has 4 nitrogen and oxygen atoms in total. The number of carbonyl (C=O) groups is 1. The van der Waals surface area contributed by atoms with Crippen molar-refractivity contribution in [1.29, 1.82) is 0 Å². The SMILES string of the molecule is CCOC(=O)C1=CN(c2ccc(F)cc2)C2NC(Cl)=C(F)C=C2C1. The number of esters is 1. The third-order valence-corrected chi connectivity index (χ3v) is 4.06. The van der Waals surface area contributed by atoms with Crippen LogP contribution in [0.1, 0.15) is 13.3 Å². The average molecular weight is 353 g/mol. The van der Waals surface area contributed by atoms with E-state index in [0.717, 1.165) is 0 Å². The first-order chi connectivity index (χ1) is 11.5. The highest BCUT2D eigenvalue weighted by atomic mass is 35.5. The predicted octanol–water partition coefficient (Wildman–Crippen LogP) is 3.72. The van der Waals surface area contributed by atoms with Crippen LogP contribution in [0.2, 0.25) is 0 Å². The molecule has 0 radical (unpaired) electrons. The number of nitrogens with one attached hydrogen (secondary N) is 1. The molecule has 2 heterocycles. The summed E-state index contributed by atoms with van der Waals surface area (Å²) in [5.41, 5.74) is 1.65. The number of halogens is 3. The van der Waals surface area contributed by atoms with Crippen LogP contribution in [0.3, 0.4) is 0 Å². The lowest BCUT2D eigenvalue weighted by Crippen LogP contribution is -2.47. The van der Waals surface area contributed by atoms with Gasteiger partial charge in [0.25, 0.3) is 0 Å². The topological polar surface area (TPSA) is 41.6 Å². The van der Waals surface area contributed by atoms with Gasteiger partial charge in [-0.05, 0) is 42.8 Å². The highest BCUT2D eigenvalue weighted by Gasteiger charge is 2.33. The van der Waals surface area contributed by atoms with E-state index in [1.807, 2.05) is 0 Å². The number of dihydropyridines is 1. The molecule has 0 bridgehead atoms. The first kappa shape index (κ1) is 16.5. The molecule has 1 aromatic rings. The summed E-state index contributed by atoms with van der Waals surface area (Å²) in [5.74, 6) is -1.43. The first-order valence-electron chi connectivity index (χ1n) is 7.43. The van der Waals surface area contributed by atoms with Crippen LogP contribution in [0, 0.1) is 5.82 Å². The molecule has 2 aliphatic rings. The van der Waals surface area contributed by atoms with E-state index in [1.54, 1.807) is 30.2 Å². The Labute approximate surface area is 143 Å². The summed E-state index contributed by atoms with van der Waals surface area (Å²) in [7, 11) is 0. The largest absolute Gasteiger partial charge is 0.463 e. The highest BCUT2D eigenvalue weighted by molar-refractivity contribution is 6.29. The molecule has 24 heavy (non-hydrogen) atoms. The zero-order valence-electron chi connectivity index (χ0n) is 12.9. The third-order valence-electron chi connectivity index (χ3n) is 3.77. The van der Waals surface area contributed by atoms with Crippen molar-refractivity contribution in [3.63, 3.8) is 0 Å². The van der Waals surface area contributed by atoms with E-state index in [4.69, 9.17) is 16.3 Å². The molecule has 0 spiro atoms. The fourth-order valence-electron chi connectivity index (χ4n) is 2.68. The number of fused-ring (bicyclic) bond motifs is 1. The van der Waals surface area contributed by atoms with Crippen LogP contribution < -0.4 is 10.2 Å². The molecule has 126 valence electrons. The van der Waals surface area contributed by atoms with Crippen LogP contribution in [0.5, 0.6) is 0 Å². The summed E-state index contributed by atoms with van der Waals surface area (Å²) < 4.78 is 32.0. The Morgan fingerprint density at radius 1 is 1.38 bits per heavy atom. The molecule has 0 aliphatic carbocycles. The summed E-state index contributed by atoms with van der Waals surface area (Å²) in [4.78, 5) is 13.8. The minimum Gasteiger partial charge on any atom is -0.463 e. The van der Waals surface area contributed by atoms with Gasteiger partial charge in [-0.15, -0.1) is 0 Å². The Hall–Kier alpha value is -2.34. The summed E-state index contributed by atoms with van der Waals surface area (Å²) in [5, 5.41) is 2.75. The number of ether oxygens (including phenoxy) is 1. The highest BCUT2D eigenvalue weighted by Crippen LogP contribution is 2.34. The fourth-order valence-corrected chi connectivity index (χ4v) is 2.83. The number of hydrogen-bond donors (Lipinski definition) is 1. The van der Waals surface area contributed by atoms with Crippen LogP contribution in [0.15, 0.2) is 58.7 Å². The molecule has 0 saturated heterocycles. The smallest absolute Gasteiger partial charge is 0.335 e. The van der Waals surface area contributed by atoms with Gasteiger partial charge in [0.1, 0.15) is 17.1 Å². The second kappa shape index (κ2) is 6.65. The number of benzene rings is 1. The number of allylic oxidation sites excluding steroid dienone is 2. The zero-order valence-corrected chi connectivity index (χ0v) is 13.6. The van der Waals surface area contributed by atoms with Crippen LogP contribution in [-0.2, 0) is 9.53 Å². The van der Waals surface area contributed by atoms with Crippen LogP contribution >= 0.6 is 11.6 Å². The van der Waals surface area contributed by atoms with Crippen molar-refractivity contribution in [2.24, 2.45) is 0 Å². The lowest BCUT2D eigenvalue weighted by atomic mass is 9.96. The van der Waals surface area contributed by atoms with Gasteiger partial charge < -0.3 is 15.0 Å². The maximum absolute atomic E-state index is 13.8. The molecule has 0 aromatic heterocycles. The Balaban J connectivity index is 2.02. The molecule has 2 aliphatic heterocycles. The van der Waals surface area contributed by atoms with Gasteiger partial charge in [-0.1, -0.05) is 11.6 Å². The molecule has 3 rings (SSSR count). The summed E-state index contributed by atoms with van der Waals surface area (Å²) in [6, 6.07) is 5.77.